The predicted octanol–water partition coefficient (Wildman–Crippen LogP) is -1.00. The molecule has 0 saturated carbocycles. The zero-order valence-corrected chi connectivity index (χ0v) is 20.7. The summed E-state index contributed by atoms with van der Waals surface area (Å²) < 4.78 is 0. The minimum atomic E-state index is -1.22. The zero-order chi connectivity index (χ0) is 25.8. The number of nitrogens with two attached hydrogens (primary N) is 1. The number of aromatic nitrogens is 2. The Balaban J connectivity index is 3.05. The third-order valence-corrected chi connectivity index (χ3v) is 5.64. The van der Waals surface area contributed by atoms with Gasteiger partial charge in [0.1, 0.15) is 24.2 Å². The van der Waals surface area contributed by atoms with Gasteiger partial charge in [0.2, 0.25) is 17.7 Å². The first-order valence-corrected chi connectivity index (χ1v) is 12.4. The monoisotopic (exact) mass is 500 g/mol. The van der Waals surface area contributed by atoms with Gasteiger partial charge in [0.05, 0.1) is 12.4 Å². The average molecular weight is 501 g/mol. The van der Waals surface area contributed by atoms with Crippen molar-refractivity contribution in [2.75, 3.05) is 12.0 Å². The van der Waals surface area contributed by atoms with Crippen molar-refractivity contribution in [3.05, 3.63) is 18.2 Å². The number of imidazole rings is 1. The van der Waals surface area contributed by atoms with Crippen LogP contribution in [0.15, 0.2) is 12.5 Å². The summed E-state index contributed by atoms with van der Waals surface area (Å²) in [7, 11) is 0. The number of aliphatic hydroxyl groups excluding tert-OH is 1. The van der Waals surface area contributed by atoms with Crippen molar-refractivity contribution in [1.29, 1.82) is 0 Å². The molecule has 3 amide bonds. The maximum absolute atomic E-state index is 13.1. The van der Waals surface area contributed by atoms with Crippen molar-refractivity contribution in [3.8, 4) is 0 Å². The highest BCUT2D eigenvalue weighted by atomic mass is 32.2. The number of aliphatic hydroxyl groups is 1. The molecule has 0 aliphatic rings. The van der Waals surface area contributed by atoms with E-state index in [4.69, 9.17) is 5.73 Å². The number of thioether (sulfide) groups is 1. The number of amides is 3. The van der Waals surface area contributed by atoms with Crippen LogP contribution >= 0.6 is 11.8 Å². The summed E-state index contributed by atoms with van der Waals surface area (Å²) in [5, 5.41) is 26.7. The van der Waals surface area contributed by atoms with Gasteiger partial charge in [0.15, 0.2) is 0 Å². The Bertz CT molecular complexity index is 804. The van der Waals surface area contributed by atoms with E-state index < -0.39 is 54.0 Å². The first kappa shape index (κ1) is 29.4. The Morgan fingerprint density at radius 2 is 1.65 bits per heavy atom. The molecule has 0 spiro atoms. The van der Waals surface area contributed by atoms with Crippen molar-refractivity contribution in [1.82, 2.24) is 25.9 Å². The minimum absolute atomic E-state index is 0.0197. The molecule has 0 bridgehead atoms. The van der Waals surface area contributed by atoms with Crippen molar-refractivity contribution >= 4 is 35.5 Å². The molecule has 0 aliphatic heterocycles. The van der Waals surface area contributed by atoms with Gasteiger partial charge in [-0.1, -0.05) is 13.8 Å². The molecule has 1 aromatic heterocycles. The number of carbonyl (C=O) groups is 4. The van der Waals surface area contributed by atoms with E-state index in [1.165, 1.54) is 31.2 Å². The molecule has 34 heavy (non-hydrogen) atoms. The number of hydrogen-bond donors (Lipinski definition) is 7. The molecular formula is C21H36N6O6S. The summed E-state index contributed by atoms with van der Waals surface area (Å²) in [5.41, 5.74) is 6.22. The average Bonchev–Trinajstić information content (AvgIpc) is 3.27. The van der Waals surface area contributed by atoms with E-state index in [2.05, 4.69) is 25.9 Å². The summed E-state index contributed by atoms with van der Waals surface area (Å²) in [4.78, 5) is 56.7. The number of carboxylic acid groups (broad SMARTS) is 1. The first-order chi connectivity index (χ1) is 16.0. The van der Waals surface area contributed by atoms with Gasteiger partial charge in [-0.05, 0) is 37.7 Å². The number of rotatable bonds is 15. The van der Waals surface area contributed by atoms with Crippen LogP contribution in [-0.2, 0) is 25.6 Å². The molecule has 1 aromatic rings. The van der Waals surface area contributed by atoms with Crippen LogP contribution in [0.1, 0.15) is 39.3 Å². The second-order valence-corrected chi connectivity index (χ2v) is 9.47. The molecule has 0 saturated heterocycles. The number of aliphatic carboxylic acids is 1. The van der Waals surface area contributed by atoms with Crippen LogP contribution in [0.25, 0.3) is 0 Å². The maximum Gasteiger partial charge on any atom is 0.326 e. The van der Waals surface area contributed by atoms with Crippen LogP contribution in [0.5, 0.6) is 0 Å². The van der Waals surface area contributed by atoms with Crippen LogP contribution < -0.4 is 21.7 Å². The van der Waals surface area contributed by atoms with Crippen LogP contribution in [-0.4, -0.2) is 86.2 Å². The van der Waals surface area contributed by atoms with Crippen molar-refractivity contribution in [3.63, 3.8) is 0 Å². The summed E-state index contributed by atoms with van der Waals surface area (Å²) in [6.45, 7) is 5.04. The topological polar surface area (TPSA) is 200 Å². The molecule has 0 aliphatic carbocycles. The Morgan fingerprint density at radius 1 is 1.06 bits per heavy atom. The lowest BCUT2D eigenvalue weighted by Gasteiger charge is -2.25. The Kier molecular flexibility index (Phi) is 12.6. The molecule has 0 aromatic carbocycles. The molecular weight excluding hydrogens is 464 g/mol. The Morgan fingerprint density at radius 3 is 2.15 bits per heavy atom. The van der Waals surface area contributed by atoms with E-state index in [1.807, 2.05) is 20.1 Å². The number of aromatic amines is 1. The van der Waals surface area contributed by atoms with Gasteiger partial charge in [0.25, 0.3) is 0 Å². The molecule has 192 valence electrons. The fourth-order valence-electron chi connectivity index (χ4n) is 3.05. The van der Waals surface area contributed by atoms with Gasteiger partial charge >= 0.3 is 5.97 Å². The zero-order valence-electron chi connectivity index (χ0n) is 19.9. The molecule has 0 radical (unpaired) electrons. The largest absolute Gasteiger partial charge is 0.480 e. The van der Waals surface area contributed by atoms with Crippen LogP contribution in [0, 0.1) is 5.92 Å². The highest BCUT2D eigenvalue weighted by molar-refractivity contribution is 7.98. The van der Waals surface area contributed by atoms with Crippen LogP contribution in [0.4, 0.5) is 0 Å². The smallest absolute Gasteiger partial charge is 0.326 e. The third kappa shape index (κ3) is 10.1. The number of hydrogen-bond acceptors (Lipinski definition) is 8. The standard InChI is InChI=1S/C21H36N6O6S/c1-11(2)7-16(21(32)33)27-19(30)15(8-13-9-23-10-24-13)26-18(29)14(5-6-34-4)25-20(31)17(22)12(3)28/h9-12,14-17,28H,5-8,22H2,1-4H3,(H,23,24)(H,25,31)(H,26,29)(H,27,30)(H,32,33). The normalized spacial score (nSPS) is 15.6. The lowest BCUT2D eigenvalue weighted by molar-refractivity contribution is -0.142. The van der Waals surface area contributed by atoms with E-state index in [1.54, 1.807) is 0 Å². The highest BCUT2D eigenvalue weighted by Crippen LogP contribution is 2.08. The SMILES string of the molecule is CSCCC(NC(=O)C(N)C(C)O)C(=O)NC(Cc1cnc[nH]1)C(=O)NC(CC(C)C)C(=O)O. The van der Waals surface area contributed by atoms with E-state index in [0.29, 0.717) is 11.4 Å². The first-order valence-electron chi connectivity index (χ1n) is 11.0. The van der Waals surface area contributed by atoms with Crippen LogP contribution in [0.3, 0.4) is 0 Å². The summed E-state index contributed by atoms with van der Waals surface area (Å²) in [5.74, 6) is -2.62. The van der Waals surface area contributed by atoms with Gasteiger partial charge in [-0.2, -0.15) is 11.8 Å². The third-order valence-electron chi connectivity index (χ3n) is 5.00. The number of H-pyrrole nitrogens is 1. The van der Waals surface area contributed by atoms with Gasteiger partial charge < -0.3 is 36.9 Å². The molecule has 8 N–H and O–H groups in total. The molecule has 1 rings (SSSR count). The van der Waals surface area contributed by atoms with Crippen molar-refractivity contribution < 1.29 is 29.4 Å². The molecule has 5 unspecified atom stereocenters. The summed E-state index contributed by atoms with van der Waals surface area (Å²) in [6, 6.07) is -4.47. The second-order valence-electron chi connectivity index (χ2n) is 8.48. The van der Waals surface area contributed by atoms with E-state index in [-0.39, 0.29) is 25.2 Å². The van der Waals surface area contributed by atoms with Gasteiger partial charge in [-0.3, -0.25) is 14.4 Å². The fraction of sp³-hybridized carbons (Fsp3) is 0.667. The molecule has 5 atom stereocenters. The minimum Gasteiger partial charge on any atom is -0.480 e. The van der Waals surface area contributed by atoms with Crippen LogP contribution in [0.2, 0.25) is 0 Å². The number of carbonyl (C=O) groups excluding carboxylic acids is 3. The lowest BCUT2D eigenvalue weighted by atomic mass is 10.0. The summed E-state index contributed by atoms with van der Waals surface area (Å²) in [6.07, 6.45) is 4.14. The van der Waals surface area contributed by atoms with Crippen molar-refractivity contribution in [2.45, 2.75) is 70.3 Å². The molecule has 12 nitrogen and oxygen atoms in total. The predicted molar refractivity (Wildman–Crippen MR) is 128 cm³/mol. The molecule has 0 fully saturated rings. The quantitative estimate of drug-likeness (QED) is 0.158. The van der Waals surface area contributed by atoms with Gasteiger partial charge in [-0.15, -0.1) is 0 Å². The van der Waals surface area contributed by atoms with Gasteiger partial charge in [0, 0.05) is 18.3 Å². The van der Waals surface area contributed by atoms with E-state index in [9.17, 15) is 29.4 Å². The van der Waals surface area contributed by atoms with E-state index in [0.717, 1.165) is 0 Å². The molecule has 1 heterocycles. The number of nitrogens with zero attached hydrogens (tertiary/aromatic N) is 1. The Hall–Kier alpha value is -2.64. The lowest BCUT2D eigenvalue weighted by Crippen LogP contribution is -2.58. The summed E-state index contributed by atoms with van der Waals surface area (Å²) >= 11 is 1.47. The van der Waals surface area contributed by atoms with Crippen molar-refractivity contribution in [2.24, 2.45) is 11.7 Å². The maximum atomic E-state index is 13.1. The fourth-order valence-corrected chi connectivity index (χ4v) is 3.53. The number of nitrogens with one attached hydrogen (secondary N) is 4. The molecule has 13 heteroatoms. The number of carboxylic acids is 1. The highest BCUT2D eigenvalue weighted by Gasteiger charge is 2.31. The Labute approximate surface area is 203 Å². The van der Waals surface area contributed by atoms with Gasteiger partial charge in [-0.25, -0.2) is 9.78 Å². The van der Waals surface area contributed by atoms with E-state index >= 15 is 0 Å². The second kappa shape index (κ2) is 14.6.